The van der Waals surface area contributed by atoms with E-state index in [4.69, 9.17) is 9.15 Å². The van der Waals surface area contributed by atoms with Gasteiger partial charge in [0, 0.05) is 26.2 Å². The maximum Gasteiger partial charge on any atom is 0.241 e. The number of benzene rings is 1. The molecule has 8 nitrogen and oxygen atoms in total. The first kappa shape index (κ1) is 21.5. The highest BCUT2D eigenvalue weighted by molar-refractivity contribution is 7.89. The van der Waals surface area contributed by atoms with Gasteiger partial charge in [-0.2, -0.15) is 4.72 Å². The molecule has 3 rings (SSSR count). The number of aryl methyl sites for hydroxylation is 1. The second-order valence-electron chi connectivity index (χ2n) is 7.01. The number of hydrogen-bond donors (Lipinski definition) is 2. The van der Waals surface area contributed by atoms with Crippen molar-refractivity contribution < 1.29 is 22.4 Å². The summed E-state index contributed by atoms with van der Waals surface area (Å²) in [5.74, 6) is 0.148. The summed E-state index contributed by atoms with van der Waals surface area (Å²) < 4.78 is 38.8. The minimum absolute atomic E-state index is 0.0539. The van der Waals surface area contributed by atoms with Crippen molar-refractivity contribution >= 4 is 15.9 Å². The molecule has 2 aromatic rings. The molecule has 1 aliphatic heterocycles. The fraction of sp³-hybridized carbons (Fsp3) is 0.450. The Morgan fingerprint density at radius 1 is 1.17 bits per heavy atom. The Labute approximate surface area is 171 Å². The minimum Gasteiger partial charge on any atom is -0.468 e. The summed E-state index contributed by atoms with van der Waals surface area (Å²) in [5, 5.41) is 2.86. The second-order valence-corrected chi connectivity index (χ2v) is 8.72. The normalized spacial score (nSPS) is 16.4. The first-order chi connectivity index (χ1) is 13.9. The van der Waals surface area contributed by atoms with Crippen molar-refractivity contribution in [2.24, 2.45) is 0 Å². The van der Waals surface area contributed by atoms with Crippen LogP contribution in [0.5, 0.6) is 0 Å². The lowest BCUT2D eigenvalue weighted by Crippen LogP contribution is -2.42. The number of nitrogens with zero attached hydrogens (tertiary/aromatic N) is 1. The van der Waals surface area contributed by atoms with E-state index < -0.39 is 16.1 Å². The zero-order valence-electron chi connectivity index (χ0n) is 16.5. The van der Waals surface area contributed by atoms with Crippen molar-refractivity contribution in [2.75, 3.05) is 39.4 Å². The van der Waals surface area contributed by atoms with Crippen LogP contribution in [0.1, 0.15) is 23.8 Å². The molecule has 0 spiro atoms. The van der Waals surface area contributed by atoms with E-state index in [0.717, 1.165) is 25.2 Å². The molecular formula is C20H27N3O5S. The molecule has 1 atom stereocenters. The molecule has 1 fully saturated rings. The Hall–Kier alpha value is -2.20. The lowest BCUT2D eigenvalue weighted by Gasteiger charge is -2.26. The lowest BCUT2D eigenvalue weighted by atomic mass is 10.1. The molecule has 1 aromatic carbocycles. The van der Waals surface area contributed by atoms with Gasteiger partial charge in [0.25, 0.3) is 0 Å². The first-order valence-electron chi connectivity index (χ1n) is 9.63. The SMILES string of the molecule is Cc1ccc(S(=O)(=O)N[C@H](CC(=O)NCCN2CCOCC2)c2ccco2)cc1. The summed E-state index contributed by atoms with van der Waals surface area (Å²) in [6.07, 6.45) is 1.40. The van der Waals surface area contributed by atoms with Crippen LogP contribution >= 0.6 is 0 Å². The van der Waals surface area contributed by atoms with Gasteiger partial charge in [-0.3, -0.25) is 9.69 Å². The van der Waals surface area contributed by atoms with Crippen molar-refractivity contribution in [3.05, 3.63) is 54.0 Å². The highest BCUT2D eigenvalue weighted by Gasteiger charge is 2.25. The van der Waals surface area contributed by atoms with Gasteiger partial charge < -0.3 is 14.5 Å². The Kier molecular flexibility index (Phi) is 7.43. The van der Waals surface area contributed by atoms with E-state index in [0.29, 0.717) is 25.5 Å². The van der Waals surface area contributed by atoms with Gasteiger partial charge in [-0.25, -0.2) is 8.42 Å². The van der Waals surface area contributed by atoms with Crippen LogP contribution in [0.4, 0.5) is 0 Å². The summed E-state index contributed by atoms with van der Waals surface area (Å²) in [6.45, 7) is 6.22. The average molecular weight is 422 g/mol. The van der Waals surface area contributed by atoms with Crippen LogP contribution in [-0.2, 0) is 19.6 Å². The molecule has 9 heteroatoms. The second kappa shape index (κ2) is 10.0. The van der Waals surface area contributed by atoms with E-state index in [1.807, 2.05) is 6.92 Å². The molecule has 29 heavy (non-hydrogen) atoms. The van der Waals surface area contributed by atoms with Crippen LogP contribution in [0.25, 0.3) is 0 Å². The van der Waals surface area contributed by atoms with Gasteiger partial charge in [-0.1, -0.05) is 17.7 Å². The van der Waals surface area contributed by atoms with Gasteiger partial charge in [-0.05, 0) is 31.2 Å². The summed E-state index contributed by atoms with van der Waals surface area (Å²) in [6, 6.07) is 9.07. The molecule has 0 bridgehead atoms. The minimum atomic E-state index is -3.80. The van der Waals surface area contributed by atoms with E-state index in [9.17, 15) is 13.2 Å². The Balaban J connectivity index is 1.60. The zero-order valence-corrected chi connectivity index (χ0v) is 17.3. The molecule has 2 heterocycles. The van der Waals surface area contributed by atoms with Crippen molar-refractivity contribution in [1.29, 1.82) is 0 Å². The summed E-state index contributed by atoms with van der Waals surface area (Å²) >= 11 is 0. The Bertz CT molecular complexity index is 875. The van der Waals surface area contributed by atoms with Crippen molar-refractivity contribution in [3.63, 3.8) is 0 Å². The zero-order chi connectivity index (χ0) is 20.7. The van der Waals surface area contributed by atoms with Gasteiger partial charge in [-0.15, -0.1) is 0 Å². The monoisotopic (exact) mass is 421 g/mol. The van der Waals surface area contributed by atoms with Crippen LogP contribution < -0.4 is 10.0 Å². The molecule has 0 radical (unpaired) electrons. The molecule has 158 valence electrons. The lowest BCUT2D eigenvalue weighted by molar-refractivity contribution is -0.121. The fourth-order valence-corrected chi connectivity index (χ4v) is 4.30. The number of ether oxygens (including phenoxy) is 1. The third-order valence-electron chi connectivity index (χ3n) is 4.76. The van der Waals surface area contributed by atoms with E-state index >= 15 is 0 Å². The quantitative estimate of drug-likeness (QED) is 0.636. The first-order valence-corrected chi connectivity index (χ1v) is 11.1. The number of furan rings is 1. The number of sulfonamides is 1. The van der Waals surface area contributed by atoms with Crippen LogP contribution in [0.2, 0.25) is 0 Å². The molecule has 2 N–H and O–H groups in total. The Morgan fingerprint density at radius 3 is 2.55 bits per heavy atom. The van der Waals surface area contributed by atoms with Gasteiger partial charge in [0.15, 0.2) is 0 Å². The summed E-state index contributed by atoms with van der Waals surface area (Å²) in [5.41, 5.74) is 0.964. The third-order valence-corrected chi connectivity index (χ3v) is 6.25. The number of amides is 1. The predicted octanol–water partition coefficient (Wildman–Crippen LogP) is 1.45. The van der Waals surface area contributed by atoms with Crippen LogP contribution in [0, 0.1) is 6.92 Å². The molecule has 0 aliphatic carbocycles. The smallest absolute Gasteiger partial charge is 0.241 e. The molecular weight excluding hydrogens is 394 g/mol. The number of morpholine rings is 1. The van der Waals surface area contributed by atoms with Gasteiger partial charge in [0.05, 0.1) is 36.8 Å². The predicted molar refractivity (Wildman–Crippen MR) is 108 cm³/mol. The van der Waals surface area contributed by atoms with Crippen LogP contribution in [0.15, 0.2) is 52.0 Å². The van der Waals surface area contributed by atoms with E-state index in [1.54, 1.807) is 36.4 Å². The summed E-state index contributed by atoms with van der Waals surface area (Å²) in [7, 11) is -3.80. The fourth-order valence-electron chi connectivity index (χ4n) is 3.10. The average Bonchev–Trinajstić information content (AvgIpc) is 3.23. The van der Waals surface area contributed by atoms with Gasteiger partial charge in [0.2, 0.25) is 15.9 Å². The Morgan fingerprint density at radius 2 is 1.90 bits per heavy atom. The van der Waals surface area contributed by atoms with E-state index in [-0.39, 0.29) is 17.2 Å². The molecule has 1 amide bonds. The maximum absolute atomic E-state index is 12.7. The van der Waals surface area contributed by atoms with Crippen LogP contribution in [0.3, 0.4) is 0 Å². The molecule has 1 aliphatic rings. The summed E-state index contributed by atoms with van der Waals surface area (Å²) in [4.78, 5) is 14.8. The number of nitrogens with one attached hydrogen (secondary N) is 2. The van der Waals surface area contributed by atoms with Crippen molar-refractivity contribution in [1.82, 2.24) is 14.9 Å². The van der Waals surface area contributed by atoms with Crippen molar-refractivity contribution in [3.8, 4) is 0 Å². The van der Waals surface area contributed by atoms with E-state index in [2.05, 4.69) is 14.9 Å². The van der Waals surface area contributed by atoms with E-state index in [1.165, 1.54) is 6.26 Å². The number of carbonyl (C=O) groups is 1. The van der Waals surface area contributed by atoms with Crippen molar-refractivity contribution in [2.45, 2.75) is 24.3 Å². The highest BCUT2D eigenvalue weighted by Crippen LogP contribution is 2.21. The van der Waals surface area contributed by atoms with Gasteiger partial charge in [0.1, 0.15) is 5.76 Å². The largest absolute Gasteiger partial charge is 0.468 e. The third kappa shape index (κ3) is 6.40. The number of carbonyl (C=O) groups excluding carboxylic acids is 1. The molecule has 1 aromatic heterocycles. The molecule has 0 unspecified atom stereocenters. The highest BCUT2D eigenvalue weighted by atomic mass is 32.2. The number of hydrogen-bond acceptors (Lipinski definition) is 6. The van der Waals surface area contributed by atoms with Crippen LogP contribution in [-0.4, -0.2) is 58.6 Å². The molecule has 1 saturated heterocycles. The van der Waals surface area contributed by atoms with Gasteiger partial charge >= 0.3 is 0 Å². The molecule has 0 saturated carbocycles. The standard InChI is InChI=1S/C20H27N3O5S/c1-16-4-6-17(7-5-16)29(25,26)22-18(19-3-2-12-28-19)15-20(24)21-8-9-23-10-13-27-14-11-23/h2-7,12,18,22H,8-11,13-15H2,1H3,(H,21,24)/t18-/m1/s1. The topological polar surface area (TPSA) is 101 Å². The number of rotatable bonds is 9. The maximum atomic E-state index is 12.7.